The van der Waals surface area contributed by atoms with Crippen molar-refractivity contribution in [2.75, 3.05) is 17.2 Å². The van der Waals surface area contributed by atoms with Gasteiger partial charge in [0.25, 0.3) is 0 Å². The van der Waals surface area contributed by atoms with Crippen molar-refractivity contribution in [2.24, 2.45) is 5.92 Å². The van der Waals surface area contributed by atoms with Gasteiger partial charge in [-0.1, -0.05) is 12.8 Å². The van der Waals surface area contributed by atoms with Gasteiger partial charge in [-0.3, -0.25) is 0 Å². The van der Waals surface area contributed by atoms with Crippen LogP contribution in [0.3, 0.4) is 0 Å². The molecule has 0 aromatic carbocycles. The van der Waals surface area contributed by atoms with Gasteiger partial charge in [0.2, 0.25) is 0 Å². The summed E-state index contributed by atoms with van der Waals surface area (Å²) in [4.78, 5) is 2.45. The summed E-state index contributed by atoms with van der Waals surface area (Å²) in [6.45, 7) is 1.12. The standard InChI is InChI=1S/C13H20N4/c14-12-7-8-13(16-15-12)17-9-3-6-11(17)10-4-1-2-5-10/h7-8,10-11H,1-6,9H2,(H2,14,15). The molecule has 3 rings (SSSR count). The van der Waals surface area contributed by atoms with Gasteiger partial charge in [-0.05, 0) is 43.7 Å². The summed E-state index contributed by atoms with van der Waals surface area (Å²) in [7, 11) is 0. The van der Waals surface area contributed by atoms with E-state index in [-0.39, 0.29) is 0 Å². The Kier molecular flexibility index (Phi) is 2.87. The third kappa shape index (κ3) is 2.08. The van der Waals surface area contributed by atoms with Crippen LogP contribution in [0.5, 0.6) is 0 Å². The number of nitrogens with zero attached hydrogens (tertiary/aromatic N) is 3. The molecule has 1 unspecified atom stereocenters. The zero-order valence-corrected chi connectivity index (χ0v) is 10.2. The maximum absolute atomic E-state index is 5.59. The molecule has 2 aliphatic rings. The van der Waals surface area contributed by atoms with Crippen LogP contribution < -0.4 is 10.6 Å². The van der Waals surface area contributed by atoms with Crippen LogP contribution in [0, 0.1) is 5.92 Å². The molecule has 1 aromatic heterocycles. The molecule has 0 amide bonds. The third-order valence-electron chi connectivity index (χ3n) is 4.21. The van der Waals surface area contributed by atoms with E-state index in [1.165, 1.54) is 38.5 Å². The van der Waals surface area contributed by atoms with Crippen LogP contribution in [-0.2, 0) is 0 Å². The lowest BCUT2D eigenvalue weighted by Crippen LogP contribution is -2.35. The Hall–Kier alpha value is -1.32. The first-order valence-electron chi connectivity index (χ1n) is 6.70. The Balaban J connectivity index is 1.78. The molecule has 1 aliphatic heterocycles. The van der Waals surface area contributed by atoms with E-state index >= 15 is 0 Å². The van der Waals surface area contributed by atoms with Crippen LogP contribution in [-0.4, -0.2) is 22.8 Å². The molecule has 1 saturated heterocycles. The lowest BCUT2D eigenvalue weighted by molar-refractivity contribution is 0.428. The molecule has 1 aliphatic carbocycles. The van der Waals surface area contributed by atoms with Crippen molar-refractivity contribution in [3.8, 4) is 0 Å². The molecule has 2 heterocycles. The highest BCUT2D eigenvalue weighted by Crippen LogP contribution is 2.36. The van der Waals surface area contributed by atoms with E-state index in [2.05, 4.69) is 15.1 Å². The molecular weight excluding hydrogens is 212 g/mol. The Morgan fingerprint density at radius 3 is 2.59 bits per heavy atom. The van der Waals surface area contributed by atoms with Crippen LogP contribution in [0.4, 0.5) is 11.6 Å². The quantitative estimate of drug-likeness (QED) is 0.849. The highest BCUT2D eigenvalue weighted by atomic mass is 15.3. The van der Waals surface area contributed by atoms with Crippen LogP contribution in [0.25, 0.3) is 0 Å². The van der Waals surface area contributed by atoms with Crippen LogP contribution in [0.15, 0.2) is 12.1 Å². The average molecular weight is 232 g/mol. The first kappa shape index (κ1) is 10.8. The zero-order chi connectivity index (χ0) is 11.7. The summed E-state index contributed by atoms with van der Waals surface area (Å²) in [5.74, 6) is 2.39. The van der Waals surface area contributed by atoms with E-state index in [1.807, 2.05) is 12.1 Å². The largest absolute Gasteiger partial charge is 0.382 e. The molecule has 17 heavy (non-hydrogen) atoms. The lowest BCUT2D eigenvalue weighted by Gasteiger charge is -2.29. The minimum atomic E-state index is 0.505. The van der Waals surface area contributed by atoms with Crippen LogP contribution in [0.2, 0.25) is 0 Å². The highest BCUT2D eigenvalue weighted by Gasteiger charge is 2.33. The fraction of sp³-hybridized carbons (Fsp3) is 0.692. The Bertz CT molecular complexity index is 370. The van der Waals surface area contributed by atoms with Crippen molar-refractivity contribution in [3.05, 3.63) is 12.1 Å². The summed E-state index contributed by atoms with van der Waals surface area (Å²) in [5, 5.41) is 8.20. The molecule has 1 atom stereocenters. The van der Waals surface area contributed by atoms with Gasteiger partial charge >= 0.3 is 0 Å². The number of hydrogen-bond donors (Lipinski definition) is 1. The minimum Gasteiger partial charge on any atom is -0.382 e. The van der Waals surface area contributed by atoms with E-state index in [0.717, 1.165) is 18.3 Å². The topological polar surface area (TPSA) is 55.0 Å². The van der Waals surface area contributed by atoms with Crippen LogP contribution in [0.1, 0.15) is 38.5 Å². The first-order chi connectivity index (χ1) is 8.34. The Labute approximate surface area is 102 Å². The molecule has 92 valence electrons. The van der Waals surface area contributed by atoms with Gasteiger partial charge < -0.3 is 10.6 Å². The number of anilines is 2. The highest BCUT2D eigenvalue weighted by molar-refractivity contribution is 5.43. The summed E-state index contributed by atoms with van der Waals surface area (Å²) < 4.78 is 0. The molecule has 1 aromatic rings. The van der Waals surface area contributed by atoms with Crippen molar-refractivity contribution >= 4 is 11.6 Å². The Morgan fingerprint density at radius 1 is 1.06 bits per heavy atom. The second-order valence-electron chi connectivity index (χ2n) is 5.26. The fourth-order valence-corrected chi connectivity index (χ4v) is 3.40. The Morgan fingerprint density at radius 2 is 1.88 bits per heavy atom. The molecule has 0 bridgehead atoms. The van der Waals surface area contributed by atoms with Crippen molar-refractivity contribution in [1.29, 1.82) is 0 Å². The fourth-order valence-electron chi connectivity index (χ4n) is 3.40. The lowest BCUT2D eigenvalue weighted by atomic mass is 9.96. The van der Waals surface area contributed by atoms with Gasteiger partial charge in [-0.2, -0.15) is 0 Å². The van der Waals surface area contributed by atoms with E-state index in [4.69, 9.17) is 5.73 Å². The monoisotopic (exact) mass is 232 g/mol. The van der Waals surface area contributed by atoms with E-state index < -0.39 is 0 Å². The van der Waals surface area contributed by atoms with E-state index in [9.17, 15) is 0 Å². The zero-order valence-electron chi connectivity index (χ0n) is 10.2. The summed E-state index contributed by atoms with van der Waals surface area (Å²) in [6.07, 6.45) is 8.20. The first-order valence-corrected chi connectivity index (χ1v) is 6.70. The number of nitrogen functional groups attached to an aromatic ring is 1. The van der Waals surface area contributed by atoms with Crippen molar-refractivity contribution < 1.29 is 0 Å². The van der Waals surface area contributed by atoms with E-state index in [0.29, 0.717) is 11.9 Å². The molecule has 1 saturated carbocycles. The second-order valence-corrected chi connectivity index (χ2v) is 5.26. The average Bonchev–Trinajstić information content (AvgIpc) is 3.00. The van der Waals surface area contributed by atoms with Gasteiger partial charge in [0.1, 0.15) is 5.82 Å². The number of aromatic nitrogens is 2. The smallest absolute Gasteiger partial charge is 0.151 e. The van der Waals surface area contributed by atoms with Crippen LogP contribution >= 0.6 is 0 Å². The molecule has 2 N–H and O–H groups in total. The second kappa shape index (κ2) is 4.51. The number of hydrogen-bond acceptors (Lipinski definition) is 4. The van der Waals surface area contributed by atoms with Crippen molar-refractivity contribution in [2.45, 2.75) is 44.6 Å². The van der Waals surface area contributed by atoms with Crippen molar-refractivity contribution in [1.82, 2.24) is 10.2 Å². The third-order valence-corrected chi connectivity index (χ3v) is 4.21. The summed E-state index contributed by atoms with van der Waals surface area (Å²) in [5.41, 5.74) is 5.59. The van der Waals surface area contributed by atoms with Gasteiger partial charge in [-0.15, -0.1) is 10.2 Å². The molecule has 0 radical (unpaired) electrons. The van der Waals surface area contributed by atoms with Crippen molar-refractivity contribution in [3.63, 3.8) is 0 Å². The predicted molar refractivity (Wildman–Crippen MR) is 68.8 cm³/mol. The predicted octanol–water partition coefficient (Wildman–Crippen LogP) is 2.22. The van der Waals surface area contributed by atoms with Gasteiger partial charge in [0.15, 0.2) is 5.82 Å². The summed E-state index contributed by atoms with van der Waals surface area (Å²) >= 11 is 0. The molecule has 0 spiro atoms. The minimum absolute atomic E-state index is 0.505. The number of nitrogens with two attached hydrogens (primary N) is 1. The normalized spacial score (nSPS) is 25.6. The molecule has 4 nitrogen and oxygen atoms in total. The summed E-state index contributed by atoms with van der Waals surface area (Å²) in [6, 6.07) is 4.55. The molecule has 2 fully saturated rings. The number of rotatable bonds is 2. The SMILES string of the molecule is Nc1ccc(N2CCCC2C2CCCC2)nn1. The van der Waals surface area contributed by atoms with Gasteiger partial charge in [0, 0.05) is 12.6 Å². The molecule has 4 heteroatoms. The molecular formula is C13H20N4. The van der Waals surface area contributed by atoms with Gasteiger partial charge in [0.05, 0.1) is 0 Å². The maximum Gasteiger partial charge on any atom is 0.151 e. The maximum atomic E-state index is 5.59. The van der Waals surface area contributed by atoms with Gasteiger partial charge in [-0.25, -0.2) is 0 Å². The van der Waals surface area contributed by atoms with E-state index in [1.54, 1.807) is 0 Å².